The van der Waals surface area contributed by atoms with Crippen LogP contribution in [0, 0.1) is 0 Å². The Morgan fingerprint density at radius 3 is 2.70 bits per heavy atom. The summed E-state index contributed by atoms with van der Waals surface area (Å²) in [6.07, 6.45) is 1.22. The topological polar surface area (TPSA) is 75.3 Å². The van der Waals surface area contributed by atoms with Crippen molar-refractivity contribution >= 4 is 40.2 Å². The number of aromatic nitrogens is 2. The number of carbonyl (C=O) groups excluding carboxylic acids is 1. The van der Waals surface area contributed by atoms with Crippen LogP contribution in [0.15, 0.2) is 52.2 Å². The van der Waals surface area contributed by atoms with Crippen molar-refractivity contribution in [3.8, 4) is 5.75 Å². The Balaban J connectivity index is 1.65. The van der Waals surface area contributed by atoms with Crippen LogP contribution in [-0.4, -0.2) is 40.2 Å². The summed E-state index contributed by atoms with van der Waals surface area (Å²) in [6.45, 7) is 2.88. The van der Waals surface area contributed by atoms with E-state index in [1.165, 1.54) is 0 Å². The van der Waals surface area contributed by atoms with E-state index in [1.54, 1.807) is 42.0 Å². The van der Waals surface area contributed by atoms with Gasteiger partial charge in [-0.25, -0.2) is 4.98 Å². The van der Waals surface area contributed by atoms with Crippen molar-refractivity contribution in [2.45, 2.75) is 31.2 Å². The highest BCUT2D eigenvalue weighted by atomic mass is 35.5. The lowest BCUT2D eigenvalue weighted by molar-refractivity contribution is -0.131. The van der Waals surface area contributed by atoms with Gasteiger partial charge in [-0.05, 0) is 48.9 Å². The predicted molar refractivity (Wildman–Crippen MR) is 121 cm³/mol. The van der Waals surface area contributed by atoms with Crippen LogP contribution in [-0.2, 0) is 11.3 Å². The van der Waals surface area contributed by atoms with Gasteiger partial charge >= 0.3 is 0 Å². The fourth-order valence-electron chi connectivity index (χ4n) is 3.06. The zero-order valence-corrected chi connectivity index (χ0v) is 18.6. The van der Waals surface area contributed by atoms with Crippen LogP contribution in [0.4, 0.5) is 0 Å². The van der Waals surface area contributed by atoms with Crippen LogP contribution in [0.3, 0.4) is 0 Å². The van der Waals surface area contributed by atoms with E-state index < -0.39 is 0 Å². The number of amides is 1. The summed E-state index contributed by atoms with van der Waals surface area (Å²) in [7, 11) is 1.63. The molecule has 1 amide bonds. The number of carbonyl (C=O) groups is 1. The Morgan fingerprint density at radius 1 is 1.23 bits per heavy atom. The number of fused-ring (bicyclic) bond motifs is 1. The lowest BCUT2D eigenvalue weighted by Crippen LogP contribution is -2.33. The third-order valence-corrected chi connectivity index (χ3v) is 5.80. The molecular formula is C22H24ClN3O3S. The average molecular weight is 446 g/mol. The highest BCUT2D eigenvalue weighted by Crippen LogP contribution is 2.22. The molecule has 0 atom stereocenters. The second-order valence-electron chi connectivity index (χ2n) is 6.76. The van der Waals surface area contributed by atoms with Crippen molar-refractivity contribution in [2.75, 3.05) is 19.4 Å². The van der Waals surface area contributed by atoms with E-state index in [-0.39, 0.29) is 18.0 Å². The Bertz CT molecular complexity index is 1070. The summed E-state index contributed by atoms with van der Waals surface area (Å²) in [4.78, 5) is 35.2. The maximum absolute atomic E-state index is 12.8. The van der Waals surface area contributed by atoms with Gasteiger partial charge in [0.2, 0.25) is 5.91 Å². The molecule has 1 heterocycles. The quantitative estimate of drug-likeness (QED) is 0.490. The molecule has 0 spiro atoms. The minimum absolute atomic E-state index is 0.0340. The molecule has 0 saturated heterocycles. The minimum Gasteiger partial charge on any atom is -0.497 e. The molecule has 0 radical (unpaired) electrons. The zero-order chi connectivity index (χ0) is 21.5. The number of hydrogen-bond donors (Lipinski definition) is 1. The number of halogens is 1. The molecule has 6 nitrogen and oxygen atoms in total. The number of rotatable bonds is 9. The third kappa shape index (κ3) is 5.77. The number of hydrogen-bond acceptors (Lipinski definition) is 5. The van der Waals surface area contributed by atoms with E-state index in [9.17, 15) is 9.59 Å². The fourth-order valence-corrected chi connectivity index (χ4v) is 4.07. The van der Waals surface area contributed by atoms with E-state index in [4.69, 9.17) is 16.3 Å². The first-order valence-electron chi connectivity index (χ1n) is 9.73. The van der Waals surface area contributed by atoms with E-state index in [0.29, 0.717) is 40.5 Å². The van der Waals surface area contributed by atoms with Gasteiger partial charge in [0.15, 0.2) is 0 Å². The van der Waals surface area contributed by atoms with Gasteiger partial charge in [-0.3, -0.25) is 9.59 Å². The molecule has 0 aliphatic rings. The largest absolute Gasteiger partial charge is 0.497 e. The first-order valence-corrected chi connectivity index (χ1v) is 11.1. The number of aromatic amines is 1. The van der Waals surface area contributed by atoms with Gasteiger partial charge in [-0.2, -0.15) is 0 Å². The van der Waals surface area contributed by atoms with Crippen molar-refractivity contribution in [3.05, 3.63) is 63.7 Å². The predicted octanol–water partition coefficient (Wildman–Crippen LogP) is 4.51. The van der Waals surface area contributed by atoms with Gasteiger partial charge in [0.25, 0.3) is 5.56 Å². The molecular weight excluding hydrogens is 422 g/mol. The molecule has 1 aromatic heterocycles. The molecule has 0 aliphatic heterocycles. The van der Waals surface area contributed by atoms with Crippen LogP contribution in [0.5, 0.6) is 5.75 Å². The Kier molecular flexibility index (Phi) is 7.76. The van der Waals surface area contributed by atoms with Crippen LogP contribution in [0.1, 0.15) is 25.6 Å². The Labute approximate surface area is 184 Å². The summed E-state index contributed by atoms with van der Waals surface area (Å²) in [5, 5.41) is 0.996. The maximum Gasteiger partial charge on any atom is 0.258 e. The molecule has 0 fully saturated rings. The summed E-state index contributed by atoms with van der Waals surface area (Å²) in [5.41, 5.74) is 0.297. The summed E-state index contributed by atoms with van der Waals surface area (Å²) in [6, 6.07) is 12.7. The van der Waals surface area contributed by atoms with Crippen LogP contribution in [0.2, 0.25) is 5.02 Å². The van der Waals surface area contributed by atoms with Gasteiger partial charge in [0, 0.05) is 28.6 Å². The normalized spacial score (nSPS) is 10.9. The summed E-state index contributed by atoms with van der Waals surface area (Å²) < 4.78 is 5.16. The molecule has 3 rings (SSSR count). The SMILES string of the molecule is CCCN(Cc1nc2cc(Cl)ccc2c(=O)[nH]1)C(=O)CCSc1ccc(OC)cc1. The number of H-pyrrole nitrogens is 1. The van der Waals surface area contributed by atoms with E-state index in [1.807, 2.05) is 31.2 Å². The van der Waals surface area contributed by atoms with E-state index in [0.717, 1.165) is 17.1 Å². The first kappa shape index (κ1) is 22.2. The van der Waals surface area contributed by atoms with Crippen molar-refractivity contribution in [3.63, 3.8) is 0 Å². The van der Waals surface area contributed by atoms with Crippen molar-refractivity contribution in [1.82, 2.24) is 14.9 Å². The molecule has 158 valence electrons. The van der Waals surface area contributed by atoms with Crippen LogP contribution >= 0.6 is 23.4 Å². The Morgan fingerprint density at radius 2 is 2.00 bits per heavy atom. The molecule has 0 saturated carbocycles. The average Bonchev–Trinajstić information content (AvgIpc) is 2.73. The number of nitrogens with one attached hydrogen (secondary N) is 1. The van der Waals surface area contributed by atoms with Crippen molar-refractivity contribution in [2.24, 2.45) is 0 Å². The highest BCUT2D eigenvalue weighted by molar-refractivity contribution is 7.99. The standard InChI is InChI=1S/C22H24ClN3O3S/c1-3-11-26(21(27)10-12-30-17-7-5-16(29-2)6-8-17)14-20-24-19-13-15(23)4-9-18(19)22(28)25-20/h4-9,13H,3,10-12,14H2,1-2H3,(H,24,25,28). The number of nitrogens with zero attached hydrogens (tertiary/aromatic N) is 2. The lowest BCUT2D eigenvalue weighted by Gasteiger charge is -2.21. The molecule has 30 heavy (non-hydrogen) atoms. The first-order chi connectivity index (χ1) is 14.5. The number of ether oxygens (including phenoxy) is 1. The lowest BCUT2D eigenvalue weighted by atomic mass is 10.2. The molecule has 0 bridgehead atoms. The monoisotopic (exact) mass is 445 g/mol. The summed E-state index contributed by atoms with van der Waals surface area (Å²) in [5.74, 6) is 1.97. The number of thioether (sulfide) groups is 1. The third-order valence-electron chi connectivity index (χ3n) is 4.55. The van der Waals surface area contributed by atoms with Crippen LogP contribution < -0.4 is 10.3 Å². The zero-order valence-electron chi connectivity index (χ0n) is 17.0. The van der Waals surface area contributed by atoms with Gasteiger partial charge in [0.05, 0.1) is 24.6 Å². The molecule has 0 unspecified atom stereocenters. The number of methoxy groups -OCH3 is 1. The van der Waals surface area contributed by atoms with Gasteiger partial charge < -0.3 is 14.6 Å². The van der Waals surface area contributed by atoms with Crippen molar-refractivity contribution in [1.29, 1.82) is 0 Å². The highest BCUT2D eigenvalue weighted by Gasteiger charge is 2.15. The van der Waals surface area contributed by atoms with E-state index >= 15 is 0 Å². The van der Waals surface area contributed by atoms with Crippen LogP contribution in [0.25, 0.3) is 10.9 Å². The molecule has 3 aromatic rings. The molecule has 0 aliphatic carbocycles. The minimum atomic E-state index is -0.231. The van der Waals surface area contributed by atoms with E-state index in [2.05, 4.69) is 9.97 Å². The van der Waals surface area contributed by atoms with Gasteiger partial charge in [-0.1, -0.05) is 18.5 Å². The molecule has 8 heteroatoms. The van der Waals surface area contributed by atoms with Gasteiger partial charge in [0.1, 0.15) is 11.6 Å². The smallest absolute Gasteiger partial charge is 0.258 e. The Hall–Kier alpha value is -2.51. The summed E-state index contributed by atoms with van der Waals surface area (Å²) >= 11 is 7.65. The van der Waals surface area contributed by atoms with Crippen molar-refractivity contribution < 1.29 is 9.53 Å². The number of benzene rings is 2. The van der Waals surface area contributed by atoms with Gasteiger partial charge in [-0.15, -0.1) is 11.8 Å². The fraction of sp³-hybridized carbons (Fsp3) is 0.318. The molecule has 2 aromatic carbocycles. The molecule has 1 N–H and O–H groups in total. The second kappa shape index (κ2) is 10.5. The maximum atomic E-state index is 12.8. The second-order valence-corrected chi connectivity index (χ2v) is 8.37.